The standard InChI is InChI=1S/C31H29F4NO4S/c32-22-4-8-24-21(12-22)3-7-25(26(24)40-16-17-1-5-23(6-2-17)41-31(33,34)35)28(37)36-27(29(38)39)30-13-18-9-19(14-30)11-20(10-18)15-30/h1-8,12,18-20,27H,9-11,13-16H2,(H,36,37)(H,38,39)/t18?,19?,20?,27-,30?/m1/s1. The van der Waals surface area contributed by atoms with Crippen LogP contribution in [-0.4, -0.2) is 28.5 Å². The minimum absolute atomic E-state index is 0.0336. The van der Waals surface area contributed by atoms with E-state index >= 15 is 0 Å². The van der Waals surface area contributed by atoms with Crippen molar-refractivity contribution in [2.24, 2.45) is 23.2 Å². The average Bonchev–Trinajstić information content (AvgIpc) is 2.89. The van der Waals surface area contributed by atoms with Gasteiger partial charge in [0.25, 0.3) is 5.91 Å². The van der Waals surface area contributed by atoms with Crippen LogP contribution >= 0.6 is 11.8 Å². The maximum atomic E-state index is 14.0. The lowest BCUT2D eigenvalue weighted by atomic mass is 9.47. The highest BCUT2D eigenvalue weighted by Gasteiger charge is 2.56. The van der Waals surface area contributed by atoms with E-state index in [1.807, 2.05) is 0 Å². The highest BCUT2D eigenvalue weighted by Crippen LogP contribution is 2.61. The molecule has 0 aromatic heterocycles. The number of rotatable bonds is 8. The third-order valence-electron chi connectivity index (χ3n) is 8.94. The van der Waals surface area contributed by atoms with Crippen LogP contribution in [-0.2, 0) is 11.4 Å². The van der Waals surface area contributed by atoms with Crippen molar-refractivity contribution in [2.45, 2.75) is 61.6 Å². The van der Waals surface area contributed by atoms with Gasteiger partial charge in [0.2, 0.25) is 0 Å². The first-order chi connectivity index (χ1) is 19.5. The summed E-state index contributed by atoms with van der Waals surface area (Å²) in [4.78, 5) is 26.4. The van der Waals surface area contributed by atoms with Crippen LogP contribution in [0.4, 0.5) is 17.6 Å². The summed E-state index contributed by atoms with van der Waals surface area (Å²) in [5.74, 6) is -0.468. The van der Waals surface area contributed by atoms with Crippen LogP contribution in [0.1, 0.15) is 54.4 Å². The smallest absolute Gasteiger partial charge is 0.446 e. The molecule has 1 amide bonds. The van der Waals surface area contributed by atoms with Crippen molar-refractivity contribution in [1.82, 2.24) is 5.32 Å². The number of alkyl halides is 3. The molecule has 0 unspecified atom stereocenters. The molecule has 2 N–H and O–H groups in total. The van der Waals surface area contributed by atoms with Gasteiger partial charge in [-0.25, -0.2) is 9.18 Å². The fourth-order valence-corrected chi connectivity index (χ4v) is 8.31. The molecule has 4 saturated carbocycles. The number of nitrogens with one attached hydrogen (secondary N) is 1. The normalized spacial score (nSPS) is 25.7. The van der Waals surface area contributed by atoms with Gasteiger partial charge in [-0.2, -0.15) is 13.2 Å². The molecule has 4 bridgehead atoms. The maximum Gasteiger partial charge on any atom is 0.446 e. The lowest BCUT2D eigenvalue weighted by molar-refractivity contribution is -0.150. The molecule has 4 aliphatic rings. The number of carboxylic acids is 1. The fraction of sp³-hybridized carbons (Fsp3) is 0.419. The van der Waals surface area contributed by atoms with E-state index in [9.17, 15) is 32.3 Å². The summed E-state index contributed by atoms with van der Waals surface area (Å²) < 4.78 is 58.1. The van der Waals surface area contributed by atoms with E-state index in [-0.39, 0.29) is 34.6 Å². The predicted molar refractivity (Wildman–Crippen MR) is 146 cm³/mol. The van der Waals surface area contributed by atoms with E-state index < -0.39 is 34.7 Å². The number of amides is 1. The Labute approximate surface area is 238 Å². The summed E-state index contributed by atoms with van der Waals surface area (Å²) >= 11 is -0.216. The molecule has 0 spiro atoms. The minimum atomic E-state index is -4.40. The van der Waals surface area contributed by atoms with Gasteiger partial charge in [0.1, 0.15) is 24.2 Å². The van der Waals surface area contributed by atoms with E-state index in [2.05, 4.69) is 5.32 Å². The van der Waals surface area contributed by atoms with Gasteiger partial charge in [0.15, 0.2) is 0 Å². The highest BCUT2D eigenvalue weighted by atomic mass is 32.2. The molecule has 5 nitrogen and oxygen atoms in total. The first-order valence-corrected chi connectivity index (χ1v) is 14.5. The number of aliphatic carboxylic acids is 1. The van der Waals surface area contributed by atoms with E-state index in [1.54, 1.807) is 6.07 Å². The van der Waals surface area contributed by atoms with Gasteiger partial charge in [-0.15, -0.1) is 0 Å². The number of halogens is 4. The molecular weight excluding hydrogens is 558 g/mol. The third-order valence-corrected chi connectivity index (χ3v) is 9.68. The van der Waals surface area contributed by atoms with Crippen molar-refractivity contribution in [2.75, 3.05) is 0 Å². The molecule has 0 heterocycles. The number of fused-ring (bicyclic) bond motifs is 1. The summed E-state index contributed by atoms with van der Waals surface area (Å²) in [6.07, 6.45) is 5.77. The number of hydrogen-bond acceptors (Lipinski definition) is 4. The highest BCUT2D eigenvalue weighted by molar-refractivity contribution is 8.00. The van der Waals surface area contributed by atoms with Crippen LogP contribution in [0, 0.1) is 29.0 Å². The molecule has 216 valence electrons. The molecule has 0 saturated heterocycles. The number of hydrogen-bond donors (Lipinski definition) is 2. The molecule has 3 aromatic rings. The fourth-order valence-electron chi connectivity index (χ4n) is 7.77. The van der Waals surface area contributed by atoms with Crippen molar-refractivity contribution in [3.8, 4) is 5.75 Å². The van der Waals surface area contributed by atoms with Crippen molar-refractivity contribution in [3.05, 3.63) is 71.5 Å². The van der Waals surface area contributed by atoms with Crippen molar-refractivity contribution < 1.29 is 37.0 Å². The van der Waals surface area contributed by atoms with Gasteiger partial charge in [-0.05, 0) is 115 Å². The van der Waals surface area contributed by atoms with Crippen molar-refractivity contribution in [1.29, 1.82) is 0 Å². The van der Waals surface area contributed by atoms with Crippen LogP contribution < -0.4 is 10.1 Å². The van der Waals surface area contributed by atoms with E-state index in [4.69, 9.17) is 4.74 Å². The maximum absolute atomic E-state index is 14.0. The van der Waals surface area contributed by atoms with Gasteiger partial charge >= 0.3 is 11.5 Å². The summed E-state index contributed by atoms with van der Waals surface area (Å²) in [5.41, 5.74) is -4.20. The Hall–Kier alpha value is -3.27. The van der Waals surface area contributed by atoms with Crippen LogP contribution in [0.2, 0.25) is 0 Å². The number of benzene rings is 3. The Morgan fingerprint density at radius 3 is 2.20 bits per heavy atom. The molecule has 4 aliphatic carbocycles. The Kier molecular flexibility index (Phi) is 7.16. The van der Waals surface area contributed by atoms with Gasteiger partial charge in [-0.1, -0.05) is 18.2 Å². The third kappa shape index (κ3) is 5.76. The van der Waals surface area contributed by atoms with Crippen LogP contribution in [0.3, 0.4) is 0 Å². The topological polar surface area (TPSA) is 75.6 Å². The molecule has 3 aromatic carbocycles. The molecule has 4 fully saturated rings. The minimum Gasteiger partial charge on any atom is -0.487 e. The van der Waals surface area contributed by atoms with E-state index in [0.717, 1.165) is 38.5 Å². The SMILES string of the molecule is O=C(N[C@H](C(=O)O)C12CC3CC(CC(C3)C1)C2)c1ccc2cc(F)ccc2c1OCc1ccc(SC(F)(F)F)cc1. The van der Waals surface area contributed by atoms with Gasteiger partial charge in [-0.3, -0.25) is 4.79 Å². The second-order valence-electron chi connectivity index (χ2n) is 11.8. The van der Waals surface area contributed by atoms with Gasteiger partial charge < -0.3 is 15.2 Å². The van der Waals surface area contributed by atoms with Crippen molar-refractivity contribution in [3.63, 3.8) is 0 Å². The first-order valence-electron chi connectivity index (χ1n) is 13.7. The number of ether oxygens (including phenoxy) is 1. The molecule has 7 rings (SSSR count). The Bertz CT molecular complexity index is 1450. The Morgan fingerprint density at radius 1 is 0.976 bits per heavy atom. The zero-order valence-electron chi connectivity index (χ0n) is 22.0. The second-order valence-corrected chi connectivity index (χ2v) is 13.0. The summed E-state index contributed by atoms with van der Waals surface area (Å²) in [6, 6.07) is 11.8. The second kappa shape index (κ2) is 10.5. The largest absolute Gasteiger partial charge is 0.487 e. The van der Waals surface area contributed by atoms with Crippen LogP contribution in [0.15, 0.2) is 59.5 Å². The summed E-state index contributed by atoms with van der Waals surface area (Å²) in [5, 5.41) is 14.1. The summed E-state index contributed by atoms with van der Waals surface area (Å²) in [6.45, 7) is -0.0644. The number of thioether (sulfide) groups is 1. The molecule has 1 atom stereocenters. The lowest BCUT2D eigenvalue weighted by Gasteiger charge is -2.58. The zero-order chi connectivity index (χ0) is 28.9. The lowest BCUT2D eigenvalue weighted by Crippen LogP contribution is -2.59. The van der Waals surface area contributed by atoms with E-state index in [1.165, 1.54) is 48.5 Å². The molecule has 41 heavy (non-hydrogen) atoms. The monoisotopic (exact) mass is 587 g/mol. The number of carbonyl (C=O) groups excluding carboxylic acids is 1. The first kappa shape index (κ1) is 27.9. The quantitative estimate of drug-likeness (QED) is 0.210. The van der Waals surface area contributed by atoms with Gasteiger partial charge in [0.05, 0.1) is 5.56 Å². The van der Waals surface area contributed by atoms with Crippen LogP contribution in [0.25, 0.3) is 10.8 Å². The van der Waals surface area contributed by atoms with Gasteiger partial charge in [0, 0.05) is 15.7 Å². The Morgan fingerprint density at radius 2 is 1.61 bits per heavy atom. The van der Waals surface area contributed by atoms with E-state index in [0.29, 0.717) is 34.1 Å². The van der Waals surface area contributed by atoms with Crippen molar-refractivity contribution >= 4 is 34.4 Å². The molecule has 0 radical (unpaired) electrons. The summed E-state index contributed by atoms with van der Waals surface area (Å²) in [7, 11) is 0. The Balaban J connectivity index is 1.28. The number of carbonyl (C=O) groups is 2. The zero-order valence-corrected chi connectivity index (χ0v) is 22.9. The number of carboxylic acid groups (broad SMARTS) is 1. The average molecular weight is 588 g/mol. The molecule has 0 aliphatic heterocycles. The predicted octanol–water partition coefficient (Wildman–Crippen LogP) is 7.57. The van der Waals surface area contributed by atoms with Crippen LogP contribution in [0.5, 0.6) is 5.75 Å². The molecular formula is C31H29F4NO4S. The molecule has 10 heteroatoms.